The Balaban J connectivity index is 1.94. The third-order valence-electron chi connectivity index (χ3n) is 3.71. The van der Waals surface area contributed by atoms with E-state index in [9.17, 15) is 9.59 Å². The van der Waals surface area contributed by atoms with Gasteiger partial charge in [0.25, 0.3) is 11.8 Å². The molecule has 0 radical (unpaired) electrons. The lowest BCUT2D eigenvalue weighted by Crippen LogP contribution is -2.34. The first-order chi connectivity index (χ1) is 7.27. The van der Waals surface area contributed by atoms with E-state index in [1.54, 1.807) is 6.92 Å². The third kappa shape index (κ3) is 1.57. The van der Waals surface area contributed by atoms with Crippen molar-refractivity contribution in [2.75, 3.05) is 6.54 Å². The maximum atomic E-state index is 11.6. The molecule has 2 heterocycles. The first-order valence-electron chi connectivity index (χ1n) is 5.51. The van der Waals surface area contributed by atoms with Crippen LogP contribution in [0, 0.1) is 0 Å². The van der Waals surface area contributed by atoms with E-state index in [4.69, 9.17) is 4.74 Å². The standard InChI is InChI=1S/C12H17NO3/c1-8-7-9(14)13(10(8)15)6-5-12(4)11(2,3)16-12/h7H,5-6H2,1-4H3. The molecule has 0 bridgehead atoms. The fourth-order valence-corrected chi connectivity index (χ4v) is 2.06. The zero-order valence-corrected chi connectivity index (χ0v) is 10.2. The van der Waals surface area contributed by atoms with Crippen LogP contribution >= 0.6 is 0 Å². The van der Waals surface area contributed by atoms with E-state index >= 15 is 0 Å². The lowest BCUT2D eigenvalue weighted by atomic mass is 9.94. The molecule has 2 amide bonds. The maximum Gasteiger partial charge on any atom is 0.256 e. The molecule has 2 rings (SSSR count). The highest BCUT2D eigenvalue weighted by Crippen LogP contribution is 2.49. The molecule has 0 aliphatic carbocycles. The van der Waals surface area contributed by atoms with Crippen LogP contribution in [0.25, 0.3) is 0 Å². The summed E-state index contributed by atoms with van der Waals surface area (Å²) in [5.41, 5.74) is 0.178. The van der Waals surface area contributed by atoms with E-state index in [-0.39, 0.29) is 23.0 Å². The molecule has 0 N–H and O–H groups in total. The van der Waals surface area contributed by atoms with Crippen LogP contribution in [-0.2, 0) is 14.3 Å². The second kappa shape index (κ2) is 3.17. The SMILES string of the molecule is CC1=CC(=O)N(CCC2(C)OC2(C)C)C1=O. The molecule has 1 saturated heterocycles. The van der Waals surface area contributed by atoms with Crippen LogP contribution in [0.4, 0.5) is 0 Å². The number of hydrogen-bond donors (Lipinski definition) is 0. The number of epoxide rings is 1. The van der Waals surface area contributed by atoms with Crippen molar-refractivity contribution in [1.29, 1.82) is 0 Å². The fraction of sp³-hybridized carbons (Fsp3) is 0.667. The number of amides is 2. The van der Waals surface area contributed by atoms with Gasteiger partial charge in [-0.15, -0.1) is 0 Å². The minimum atomic E-state index is -0.204. The van der Waals surface area contributed by atoms with Crippen LogP contribution in [0.1, 0.15) is 34.1 Å². The Bertz CT molecular complexity index is 397. The van der Waals surface area contributed by atoms with Gasteiger partial charge in [0.15, 0.2) is 0 Å². The molecule has 4 heteroatoms. The summed E-state index contributed by atoms with van der Waals surface area (Å²) in [6, 6.07) is 0. The van der Waals surface area contributed by atoms with E-state index in [0.29, 0.717) is 18.5 Å². The lowest BCUT2D eigenvalue weighted by Gasteiger charge is -2.16. The average Bonchev–Trinajstić information content (AvgIpc) is 2.54. The van der Waals surface area contributed by atoms with Crippen molar-refractivity contribution in [3.63, 3.8) is 0 Å². The summed E-state index contributed by atoms with van der Waals surface area (Å²) in [5.74, 6) is -0.378. The molecule has 1 unspecified atom stereocenters. The molecule has 88 valence electrons. The fourth-order valence-electron chi connectivity index (χ4n) is 2.06. The van der Waals surface area contributed by atoms with Crippen molar-refractivity contribution >= 4 is 11.8 Å². The van der Waals surface area contributed by atoms with Crippen LogP contribution in [0.5, 0.6) is 0 Å². The van der Waals surface area contributed by atoms with E-state index in [1.807, 2.05) is 20.8 Å². The Morgan fingerprint density at radius 2 is 1.88 bits per heavy atom. The Morgan fingerprint density at radius 1 is 1.31 bits per heavy atom. The van der Waals surface area contributed by atoms with E-state index in [2.05, 4.69) is 0 Å². The molecule has 16 heavy (non-hydrogen) atoms. The van der Waals surface area contributed by atoms with Crippen molar-refractivity contribution in [3.05, 3.63) is 11.6 Å². The summed E-state index contributed by atoms with van der Waals surface area (Å²) in [7, 11) is 0. The molecule has 2 aliphatic heterocycles. The van der Waals surface area contributed by atoms with E-state index < -0.39 is 0 Å². The predicted octanol–water partition coefficient (Wildman–Crippen LogP) is 1.26. The lowest BCUT2D eigenvalue weighted by molar-refractivity contribution is -0.137. The second-order valence-corrected chi connectivity index (χ2v) is 5.22. The number of ether oxygens (including phenoxy) is 1. The van der Waals surface area contributed by atoms with Crippen molar-refractivity contribution in [2.45, 2.75) is 45.3 Å². The number of hydrogen-bond acceptors (Lipinski definition) is 3. The van der Waals surface area contributed by atoms with Gasteiger partial charge in [0.1, 0.15) is 0 Å². The van der Waals surface area contributed by atoms with Crippen molar-refractivity contribution < 1.29 is 14.3 Å². The maximum absolute atomic E-state index is 11.6. The number of nitrogens with zero attached hydrogens (tertiary/aromatic N) is 1. The third-order valence-corrected chi connectivity index (χ3v) is 3.71. The van der Waals surface area contributed by atoms with Gasteiger partial charge in [0.05, 0.1) is 11.2 Å². The van der Waals surface area contributed by atoms with Gasteiger partial charge in [-0.2, -0.15) is 0 Å². The summed E-state index contributed by atoms with van der Waals surface area (Å²) in [4.78, 5) is 24.4. The second-order valence-electron chi connectivity index (χ2n) is 5.22. The molecule has 0 spiro atoms. The summed E-state index contributed by atoms with van der Waals surface area (Å²) in [6.45, 7) is 8.15. The molecule has 4 nitrogen and oxygen atoms in total. The summed E-state index contributed by atoms with van der Waals surface area (Å²) < 4.78 is 5.58. The van der Waals surface area contributed by atoms with Crippen molar-refractivity contribution in [3.8, 4) is 0 Å². The molecule has 0 saturated carbocycles. The van der Waals surface area contributed by atoms with Crippen molar-refractivity contribution in [2.24, 2.45) is 0 Å². The molecule has 0 aromatic carbocycles. The average molecular weight is 223 g/mol. The zero-order chi connectivity index (χ0) is 12.1. The van der Waals surface area contributed by atoms with Gasteiger partial charge >= 0.3 is 0 Å². The summed E-state index contributed by atoms with van der Waals surface area (Å²) in [6.07, 6.45) is 2.09. The molecule has 0 aromatic rings. The van der Waals surface area contributed by atoms with E-state index in [1.165, 1.54) is 11.0 Å². The minimum Gasteiger partial charge on any atom is -0.363 e. The van der Waals surface area contributed by atoms with Gasteiger partial charge in [0, 0.05) is 18.2 Å². The molecule has 1 fully saturated rings. The zero-order valence-electron chi connectivity index (χ0n) is 10.2. The summed E-state index contributed by atoms with van der Waals surface area (Å²) >= 11 is 0. The summed E-state index contributed by atoms with van der Waals surface area (Å²) in [5, 5.41) is 0. The van der Waals surface area contributed by atoms with Gasteiger partial charge in [-0.1, -0.05) is 0 Å². The number of carbonyl (C=O) groups excluding carboxylic acids is 2. The van der Waals surface area contributed by atoms with E-state index in [0.717, 1.165) is 0 Å². The first kappa shape index (κ1) is 11.3. The smallest absolute Gasteiger partial charge is 0.256 e. The van der Waals surface area contributed by atoms with Crippen LogP contribution in [-0.4, -0.2) is 34.5 Å². The molecular weight excluding hydrogens is 206 g/mol. The topological polar surface area (TPSA) is 49.9 Å². The predicted molar refractivity (Wildman–Crippen MR) is 58.7 cm³/mol. The van der Waals surface area contributed by atoms with Crippen LogP contribution in [0.2, 0.25) is 0 Å². The van der Waals surface area contributed by atoms with Crippen molar-refractivity contribution in [1.82, 2.24) is 4.90 Å². The quantitative estimate of drug-likeness (QED) is 0.534. The van der Waals surface area contributed by atoms with Gasteiger partial charge < -0.3 is 4.74 Å². The first-order valence-corrected chi connectivity index (χ1v) is 5.51. The Labute approximate surface area is 95.2 Å². The van der Waals surface area contributed by atoms with Gasteiger partial charge in [-0.05, 0) is 34.1 Å². The van der Waals surface area contributed by atoms with Gasteiger partial charge in [-0.3, -0.25) is 14.5 Å². The van der Waals surface area contributed by atoms with Crippen LogP contribution in [0.3, 0.4) is 0 Å². The Kier molecular flexibility index (Phi) is 2.24. The number of carbonyl (C=O) groups is 2. The normalized spacial score (nSPS) is 32.0. The molecule has 1 atom stereocenters. The highest BCUT2D eigenvalue weighted by Gasteiger charge is 2.59. The molecule has 2 aliphatic rings. The Hall–Kier alpha value is -1.16. The van der Waals surface area contributed by atoms with Gasteiger partial charge in [0.2, 0.25) is 0 Å². The van der Waals surface area contributed by atoms with Gasteiger partial charge in [-0.25, -0.2) is 0 Å². The largest absolute Gasteiger partial charge is 0.363 e. The Morgan fingerprint density at radius 3 is 2.25 bits per heavy atom. The highest BCUT2D eigenvalue weighted by molar-refractivity contribution is 6.15. The highest BCUT2D eigenvalue weighted by atomic mass is 16.6. The minimum absolute atomic E-state index is 0.138. The molecule has 0 aromatic heterocycles. The number of imide groups is 1. The number of rotatable bonds is 3. The van der Waals surface area contributed by atoms with Crippen LogP contribution in [0.15, 0.2) is 11.6 Å². The monoisotopic (exact) mass is 223 g/mol. The van der Waals surface area contributed by atoms with Crippen LogP contribution < -0.4 is 0 Å². The molecular formula is C12H17NO3.